The zero-order valence-corrected chi connectivity index (χ0v) is 33.5. The summed E-state index contributed by atoms with van der Waals surface area (Å²) in [6.07, 6.45) is 17.7. The van der Waals surface area contributed by atoms with E-state index >= 15 is 0 Å². The highest BCUT2D eigenvalue weighted by Gasteiger charge is 1.99. The van der Waals surface area contributed by atoms with E-state index in [2.05, 4.69) is 44.2 Å². The largest absolute Gasteiger partial charge is 0.290 e. The molecule has 3 heteroatoms. The molecule has 0 bridgehead atoms. The third-order valence-corrected chi connectivity index (χ3v) is 9.83. The van der Waals surface area contributed by atoms with Crippen molar-refractivity contribution in [2.75, 3.05) is 0 Å². The summed E-state index contributed by atoms with van der Waals surface area (Å²) in [5.41, 5.74) is 9.65. The lowest BCUT2D eigenvalue weighted by Gasteiger charge is -2.03. The van der Waals surface area contributed by atoms with Crippen LogP contribution in [0.5, 0.6) is 0 Å². The summed E-state index contributed by atoms with van der Waals surface area (Å²) in [7, 11) is 0. The lowest BCUT2D eigenvalue weighted by molar-refractivity contribution is 0.544. The Hall–Kier alpha value is -4.89. The molecule has 0 N–H and O–H groups in total. The number of rotatable bonds is 15. The van der Waals surface area contributed by atoms with Crippen LogP contribution in [0.3, 0.4) is 0 Å². The zero-order chi connectivity index (χ0) is 39.0. The van der Waals surface area contributed by atoms with E-state index in [4.69, 9.17) is 0 Å². The molecule has 0 spiro atoms. The Morgan fingerprint density at radius 2 is 0.673 bits per heavy atom. The second kappa shape index (κ2) is 26.8. The van der Waals surface area contributed by atoms with E-state index in [1.54, 1.807) is 18.2 Å². The van der Waals surface area contributed by atoms with Gasteiger partial charge in [0.15, 0.2) is 16.3 Å². The molecular weight excluding hydrogens is 673 g/mol. The van der Waals surface area contributed by atoms with Gasteiger partial charge < -0.3 is 0 Å². The van der Waals surface area contributed by atoms with Gasteiger partial charge in [-0.05, 0) is 103 Å². The predicted octanol–water partition coefficient (Wildman–Crippen LogP) is 13.6. The van der Waals surface area contributed by atoms with Gasteiger partial charge in [0.1, 0.15) is 0 Å². The van der Waals surface area contributed by atoms with Crippen molar-refractivity contribution in [2.24, 2.45) is 0 Å². The first kappa shape index (κ1) is 46.3. The van der Waals surface area contributed by atoms with Crippen LogP contribution in [-0.2, 0) is 6.42 Å². The minimum absolute atomic E-state index is 0. The van der Waals surface area contributed by atoms with Crippen LogP contribution in [0.1, 0.15) is 119 Å². The van der Waals surface area contributed by atoms with Gasteiger partial charge in [0.05, 0.1) is 0 Å². The summed E-state index contributed by atoms with van der Waals surface area (Å²) in [6, 6.07) is 40.8. The Morgan fingerprint density at radius 3 is 1.13 bits per heavy atom. The van der Waals surface area contributed by atoms with Gasteiger partial charge in [0.2, 0.25) is 0 Å². The molecule has 292 valence electrons. The molecule has 0 saturated heterocycles. The Morgan fingerprint density at radius 1 is 0.345 bits per heavy atom. The van der Waals surface area contributed by atoms with Crippen LogP contribution in [0.15, 0.2) is 142 Å². The zero-order valence-electron chi connectivity index (χ0n) is 33.5. The fourth-order valence-corrected chi connectivity index (χ4v) is 6.08. The van der Waals surface area contributed by atoms with Crippen molar-refractivity contribution >= 4 is 0 Å². The molecule has 0 amide bonds. The minimum Gasteiger partial charge on any atom is -0.290 e. The van der Waals surface area contributed by atoms with E-state index in [-0.39, 0.29) is 23.7 Å². The van der Waals surface area contributed by atoms with E-state index in [0.29, 0.717) is 0 Å². The topological polar surface area (TPSA) is 51.2 Å². The molecule has 0 fully saturated rings. The lowest BCUT2D eigenvalue weighted by Crippen LogP contribution is -1.96. The minimum atomic E-state index is 0. The van der Waals surface area contributed by atoms with E-state index in [9.17, 15) is 14.4 Å². The van der Waals surface area contributed by atoms with Gasteiger partial charge in [0.25, 0.3) is 0 Å². The summed E-state index contributed by atoms with van der Waals surface area (Å²) < 4.78 is 0. The van der Waals surface area contributed by atoms with Crippen molar-refractivity contribution in [1.29, 1.82) is 0 Å². The molecule has 0 heterocycles. The molecule has 0 atom stereocenters. The predicted molar refractivity (Wildman–Crippen MR) is 239 cm³/mol. The van der Waals surface area contributed by atoms with Crippen molar-refractivity contribution in [3.63, 3.8) is 0 Å². The van der Waals surface area contributed by atoms with Gasteiger partial charge in [-0.15, -0.1) is 0 Å². The fraction of sp³-hybridized carbons (Fsp3) is 0.365. The van der Waals surface area contributed by atoms with Crippen LogP contribution in [0.4, 0.5) is 0 Å². The Balaban J connectivity index is 0.000000290. The molecule has 5 rings (SSSR count). The van der Waals surface area contributed by atoms with Crippen molar-refractivity contribution in [1.82, 2.24) is 0 Å². The van der Waals surface area contributed by atoms with E-state index in [0.717, 1.165) is 45.4 Å². The molecule has 0 aliphatic rings. The summed E-state index contributed by atoms with van der Waals surface area (Å²) in [5.74, 6) is 0. The van der Waals surface area contributed by atoms with Crippen molar-refractivity contribution in [3.8, 4) is 22.3 Å². The van der Waals surface area contributed by atoms with Crippen molar-refractivity contribution in [3.05, 3.63) is 186 Å². The van der Waals surface area contributed by atoms with Crippen LogP contribution in [0.25, 0.3) is 22.3 Å². The Labute approximate surface area is 332 Å². The first-order valence-corrected chi connectivity index (χ1v) is 20.1. The average molecular weight is 739 g/mol. The molecule has 0 radical (unpaired) electrons. The van der Waals surface area contributed by atoms with Crippen LogP contribution >= 0.6 is 0 Å². The van der Waals surface area contributed by atoms with Gasteiger partial charge in [0, 0.05) is 0 Å². The fourth-order valence-electron chi connectivity index (χ4n) is 6.08. The molecule has 5 aromatic carbocycles. The lowest BCUT2D eigenvalue weighted by atomic mass is 10.0. The Bertz CT molecular complexity index is 2000. The Kier molecular flexibility index (Phi) is 22.6. The molecule has 55 heavy (non-hydrogen) atoms. The summed E-state index contributed by atoms with van der Waals surface area (Å²) in [6.45, 7) is 9.89. The number of hydrogen-bond acceptors (Lipinski definition) is 3. The van der Waals surface area contributed by atoms with Crippen molar-refractivity contribution in [2.45, 2.75) is 126 Å². The van der Waals surface area contributed by atoms with Gasteiger partial charge in [-0.2, -0.15) is 0 Å². The highest BCUT2D eigenvalue weighted by Crippen LogP contribution is 2.19. The second-order valence-electron chi connectivity index (χ2n) is 14.5. The van der Waals surface area contributed by atoms with E-state index in [1.165, 1.54) is 88.2 Å². The van der Waals surface area contributed by atoms with Crippen LogP contribution in [-0.4, -0.2) is 0 Å². The molecule has 0 aliphatic heterocycles. The summed E-state index contributed by atoms with van der Waals surface area (Å²) in [4.78, 5) is 34.4. The average Bonchev–Trinajstić information content (AvgIpc) is 3.55. The SMILES string of the molecule is C.CCCCCCCCCCCCCCc1ccc(C)c(=O)cc1.Cc1ccc(-c2ccc(C)c(=O)cc2)cc1.Cc1ccc(-c2ccccc2)ccc1=O. The van der Waals surface area contributed by atoms with Crippen molar-refractivity contribution < 1.29 is 0 Å². The third-order valence-electron chi connectivity index (χ3n) is 9.83. The number of aryl methyl sites for hydroxylation is 5. The molecule has 3 nitrogen and oxygen atoms in total. The third kappa shape index (κ3) is 18.3. The second-order valence-corrected chi connectivity index (χ2v) is 14.5. The first-order chi connectivity index (χ1) is 26.2. The first-order valence-electron chi connectivity index (χ1n) is 20.1. The standard InChI is InChI=1S/C22H36O.C15H14O.C14H12O.CH4/c1-3-4-5-6-7-8-9-10-11-12-13-14-15-21-17-16-20(2)22(23)19-18-21;1-11-3-6-13(7-4-11)14-8-5-12(2)15(16)10-9-14;1-11-7-8-13(9-10-14(11)15)12-5-3-2-4-6-12;/h16-19H,3-15H2,1-2H3;3-10H,1-2H3;2-10H,1H3;1H4. The quantitative estimate of drug-likeness (QED) is 0.101. The summed E-state index contributed by atoms with van der Waals surface area (Å²) in [5, 5.41) is 0. The molecule has 0 saturated carbocycles. The number of hydrogen-bond donors (Lipinski definition) is 0. The maximum atomic E-state index is 11.5. The van der Waals surface area contributed by atoms with E-state index < -0.39 is 0 Å². The van der Waals surface area contributed by atoms with Crippen LogP contribution < -0.4 is 16.3 Å². The summed E-state index contributed by atoms with van der Waals surface area (Å²) >= 11 is 0. The van der Waals surface area contributed by atoms with Gasteiger partial charge in [-0.1, -0.05) is 200 Å². The van der Waals surface area contributed by atoms with E-state index in [1.807, 2.05) is 99.6 Å². The number of unbranched alkanes of at least 4 members (excludes halogenated alkanes) is 11. The highest BCUT2D eigenvalue weighted by atomic mass is 16.1. The molecular formula is C52H66O3. The molecule has 0 aromatic heterocycles. The van der Waals surface area contributed by atoms with Crippen LogP contribution in [0, 0.1) is 27.7 Å². The normalized spacial score (nSPS) is 10.2. The maximum Gasteiger partial charge on any atom is 0.181 e. The van der Waals surface area contributed by atoms with Gasteiger partial charge in [-0.25, -0.2) is 0 Å². The maximum absolute atomic E-state index is 11.5. The smallest absolute Gasteiger partial charge is 0.181 e. The highest BCUT2D eigenvalue weighted by molar-refractivity contribution is 5.63. The monoisotopic (exact) mass is 739 g/mol. The van der Waals surface area contributed by atoms with Gasteiger partial charge >= 0.3 is 0 Å². The molecule has 5 aromatic rings. The molecule has 0 unspecified atom stereocenters. The molecule has 0 aliphatic carbocycles. The van der Waals surface area contributed by atoms with Gasteiger partial charge in [-0.3, -0.25) is 14.4 Å². The van der Waals surface area contributed by atoms with Crippen LogP contribution in [0.2, 0.25) is 0 Å². The number of benzene rings is 2.